The lowest BCUT2D eigenvalue weighted by molar-refractivity contribution is 0.0277. The molecule has 18 heavy (non-hydrogen) atoms. The van der Waals surface area contributed by atoms with E-state index >= 15 is 0 Å². The van der Waals surface area contributed by atoms with E-state index in [1.807, 2.05) is 26.8 Å². The molecule has 7 heteroatoms. The van der Waals surface area contributed by atoms with E-state index in [1.54, 1.807) is 7.05 Å². The molecule has 102 valence electrons. The molecule has 1 aromatic rings. The average Bonchev–Trinajstić information content (AvgIpc) is 2.56. The van der Waals surface area contributed by atoms with Crippen LogP contribution in [0.5, 0.6) is 0 Å². The molecule has 0 fully saturated rings. The summed E-state index contributed by atoms with van der Waals surface area (Å²) in [5.74, 6) is 0. The molecule has 0 saturated heterocycles. The van der Waals surface area contributed by atoms with Crippen LogP contribution >= 0.6 is 22.6 Å². The fourth-order valence-electron chi connectivity index (χ4n) is 1.32. The highest BCUT2D eigenvalue weighted by Gasteiger charge is 2.20. The molecule has 1 N–H and O–H groups in total. The summed E-state index contributed by atoms with van der Waals surface area (Å²) in [6.45, 7) is 5.59. The topological polar surface area (TPSA) is 67.6 Å². The van der Waals surface area contributed by atoms with Gasteiger partial charge >= 0.3 is 6.09 Å². The Labute approximate surface area is 120 Å². The Balaban J connectivity index is 2.69. The third kappa shape index (κ3) is 4.45. The van der Waals surface area contributed by atoms with Crippen molar-refractivity contribution in [3.05, 3.63) is 15.5 Å². The maximum Gasteiger partial charge on any atom is 0.410 e. The highest BCUT2D eigenvalue weighted by atomic mass is 127. The quantitative estimate of drug-likeness (QED) is 0.828. The van der Waals surface area contributed by atoms with Crippen LogP contribution < -0.4 is 0 Å². The molecule has 0 unspecified atom stereocenters. The van der Waals surface area contributed by atoms with Gasteiger partial charge in [-0.05, 0) is 49.4 Å². The van der Waals surface area contributed by atoms with Crippen molar-refractivity contribution in [3.8, 4) is 0 Å². The van der Waals surface area contributed by atoms with Gasteiger partial charge in [0.15, 0.2) is 0 Å². The fourth-order valence-corrected chi connectivity index (χ4v) is 1.94. The first-order valence-electron chi connectivity index (χ1n) is 5.50. The first-order valence-corrected chi connectivity index (χ1v) is 6.58. The van der Waals surface area contributed by atoms with Gasteiger partial charge in [-0.1, -0.05) is 0 Å². The predicted molar refractivity (Wildman–Crippen MR) is 74.9 cm³/mol. The van der Waals surface area contributed by atoms with E-state index in [0.29, 0.717) is 6.54 Å². The lowest BCUT2D eigenvalue weighted by atomic mass is 10.2. The van der Waals surface area contributed by atoms with E-state index in [1.165, 1.54) is 9.58 Å². The number of nitrogens with zero attached hydrogens (tertiary/aromatic N) is 3. The fraction of sp³-hybridized carbons (Fsp3) is 0.636. The first-order chi connectivity index (χ1) is 8.23. The van der Waals surface area contributed by atoms with Gasteiger partial charge in [-0.15, -0.1) is 0 Å². The summed E-state index contributed by atoms with van der Waals surface area (Å²) in [6.07, 6.45) is -0.400. The van der Waals surface area contributed by atoms with E-state index in [2.05, 4.69) is 27.7 Å². The molecule has 0 aliphatic rings. The minimum absolute atomic E-state index is 0.208. The van der Waals surface area contributed by atoms with Crippen LogP contribution in [0.4, 0.5) is 4.79 Å². The predicted octanol–water partition coefficient (Wildman–Crippen LogP) is 1.80. The minimum atomic E-state index is -0.517. The Bertz CT molecular complexity index is 426. The Morgan fingerprint density at radius 2 is 2.22 bits per heavy atom. The summed E-state index contributed by atoms with van der Waals surface area (Å²) in [6, 6.07) is 1.82. The van der Waals surface area contributed by atoms with Gasteiger partial charge in [-0.25, -0.2) is 9.48 Å². The molecular weight excluding hydrogens is 349 g/mol. The number of rotatable bonds is 3. The van der Waals surface area contributed by atoms with Crippen LogP contribution in [-0.4, -0.2) is 38.5 Å². The summed E-state index contributed by atoms with van der Waals surface area (Å²) < 4.78 is 7.46. The third-order valence-corrected chi connectivity index (χ3v) is 2.60. The molecule has 1 aromatic heterocycles. The van der Waals surface area contributed by atoms with Crippen molar-refractivity contribution in [2.45, 2.75) is 39.6 Å². The van der Waals surface area contributed by atoms with Crippen LogP contribution in [0.25, 0.3) is 0 Å². The number of amides is 1. The number of hydrogen-bond donors (Lipinski definition) is 1. The molecule has 0 spiro atoms. The summed E-state index contributed by atoms with van der Waals surface area (Å²) in [4.78, 5) is 13.2. The lowest BCUT2D eigenvalue weighted by Crippen LogP contribution is -2.34. The molecule has 0 bridgehead atoms. The molecule has 0 radical (unpaired) electrons. The second-order valence-corrected chi connectivity index (χ2v) is 6.04. The second kappa shape index (κ2) is 5.87. The first kappa shape index (κ1) is 15.2. The van der Waals surface area contributed by atoms with Gasteiger partial charge in [0.05, 0.1) is 12.2 Å². The van der Waals surface area contributed by atoms with Crippen LogP contribution in [0.1, 0.15) is 26.5 Å². The maximum atomic E-state index is 11.8. The van der Waals surface area contributed by atoms with Crippen molar-refractivity contribution in [3.63, 3.8) is 0 Å². The van der Waals surface area contributed by atoms with Crippen LogP contribution in [-0.2, 0) is 18.0 Å². The number of carbonyl (C=O) groups excluding carboxylic acids is 1. The SMILES string of the molecule is CN(Cc1cc(I)nn1CO)C(=O)OC(C)(C)C. The molecule has 0 saturated carbocycles. The number of aromatic nitrogens is 2. The van der Waals surface area contributed by atoms with Crippen molar-refractivity contribution < 1.29 is 14.6 Å². The zero-order valence-electron chi connectivity index (χ0n) is 11.0. The van der Waals surface area contributed by atoms with Crippen LogP contribution in [0, 0.1) is 3.70 Å². The van der Waals surface area contributed by atoms with Gasteiger partial charge in [-0.3, -0.25) is 0 Å². The number of hydrogen-bond acceptors (Lipinski definition) is 4. The van der Waals surface area contributed by atoms with Crippen LogP contribution in [0.15, 0.2) is 6.07 Å². The van der Waals surface area contributed by atoms with Gasteiger partial charge < -0.3 is 14.7 Å². The zero-order valence-corrected chi connectivity index (χ0v) is 13.1. The largest absolute Gasteiger partial charge is 0.444 e. The second-order valence-electron chi connectivity index (χ2n) is 4.94. The van der Waals surface area contributed by atoms with Gasteiger partial charge in [0.2, 0.25) is 0 Å². The molecule has 6 nitrogen and oxygen atoms in total. The van der Waals surface area contributed by atoms with E-state index in [-0.39, 0.29) is 6.73 Å². The van der Waals surface area contributed by atoms with Crippen molar-refractivity contribution in [1.29, 1.82) is 0 Å². The number of halogens is 1. The van der Waals surface area contributed by atoms with Crippen LogP contribution in [0.2, 0.25) is 0 Å². The monoisotopic (exact) mass is 367 g/mol. The molecule has 1 heterocycles. The minimum Gasteiger partial charge on any atom is -0.444 e. The lowest BCUT2D eigenvalue weighted by Gasteiger charge is -2.24. The summed E-state index contributed by atoms with van der Waals surface area (Å²) in [5.41, 5.74) is 0.243. The molecule has 0 atom stereocenters. The number of aliphatic hydroxyl groups excluding tert-OH is 1. The molecule has 0 aromatic carbocycles. The summed E-state index contributed by atoms with van der Waals surface area (Å²) in [7, 11) is 1.65. The van der Waals surface area contributed by atoms with Gasteiger partial charge in [0.1, 0.15) is 16.0 Å². The van der Waals surface area contributed by atoms with E-state index < -0.39 is 11.7 Å². The van der Waals surface area contributed by atoms with Crippen molar-refractivity contribution in [1.82, 2.24) is 14.7 Å². The van der Waals surface area contributed by atoms with E-state index in [9.17, 15) is 4.79 Å². The Kier molecular flexibility index (Phi) is 4.97. The average molecular weight is 367 g/mol. The maximum absolute atomic E-state index is 11.8. The normalized spacial score (nSPS) is 11.4. The zero-order chi connectivity index (χ0) is 13.9. The van der Waals surface area contributed by atoms with E-state index in [4.69, 9.17) is 9.84 Å². The Hall–Kier alpha value is -0.830. The number of aliphatic hydroxyl groups is 1. The van der Waals surface area contributed by atoms with Gasteiger partial charge in [0, 0.05) is 7.05 Å². The number of carbonyl (C=O) groups is 1. The molecule has 0 aliphatic carbocycles. The van der Waals surface area contributed by atoms with Crippen molar-refractivity contribution >= 4 is 28.7 Å². The molecule has 0 aliphatic heterocycles. The van der Waals surface area contributed by atoms with Crippen molar-refractivity contribution in [2.24, 2.45) is 0 Å². The summed E-state index contributed by atoms with van der Waals surface area (Å²) in [5, 5.41) is 13.2. The Morgan fingerprint density at radius 3 is 2.72 bits per heavy atom. The standard InChI is InChI=1S/C11H18IN3O3/c1-11(2,3)18-10(17)14(4)6-8-5-9(12)13-15(8)7-16/h5,16H,6-7H2,1-4H3. The summed E-state index contributed by atoms with van der Waals surface area (Å²) >= 11 is 2.06. The molecule has 1 rings (SSSR count). The van der Waals surface area contributed by atoms with Crippen LogP contribution in [0.3, 0.4) is 0 Å². The smallest absolute Gasteiger partial charge is 0.410 e. The van der Waals surface area contributed by atoms with Crippen molar-refractivity contribution in [2.75, 3.05) is 7.05 Å². The van der Waals surface area contributed by atoms with Gasteiger partial charge in [0.25, 0.3) is 0 Å². The van der Waals surface area contributed by atoms with E-state index in [0.717, 1.165) is 9.39 Å². The highest BCUT2D eigenvalue weighted by Crippen LogP contribution is 2.13. The van der Waals surface area contributed by atoms with Gasteiger partial charge in [-0.2, -0.15) is 5.10 Å². The third-order valence-electron chi connectivity index (χ3n) is 2.07. The molecule has 1 amide bonds. The highest BCUT2D eigenvalue weighted by molar-refractivity contribution is 14.1. The number of ether oxygens (including phenoxy) is 1. The molecular formula is C11H18IN3O3. The Morgan fingerprint density at radius 1 is 1.61 bits per heavy atom.